The number of ether oxygens (including phenoxy) is 1. The number of amides is 2. The maximum Gasteiger partial charge on any atom is 0.320 e. The van der Waals surface area contributed by atoms with Gasteiger partial charge in [-0.1, -0.05) is 0 Å². The molecular weight excluding hydrogens is 368 g/mol. The van der Waals surface area contributed by atoms with Gasteiger partial charge in [0.1, 0.15) is 5.65 Å². The molecule has 2 fully saturated rings. The average molecular weight is 394 g/mol. The van der Waals surface area contributed by atoms with Gasteiger partial charge in [-0.25, -0.2) is 9.78 Å². The van der Waals surface area contributed by atoms with Crippen LogP contribution in [0.25, 0.3) is 21.9 Å². The molecule has 0 saturated carbocycles. The molecule has 0 spiro atoms. The van der Waals surface area contributed by atoms with Crippen LogP contribution in [0.3, 0.4) is 0 Å². The summed E-state index contributed by atoms with van der Waals surface area (Å²) in [5, 5.41) is 2.21. The molecule has 2 aliphatic heterocycles. The molecule has 0 radical (unpaired) electrons. The molecule has 3 aromatic heterocycles. The van der Waals surface area contributed by atoms with Gasteiger partial charge in [-0.05, 0) is 25.0 Å². The van der Waals surface area contributed by atoms with E-state index in [-0.39, 0.29) is 12.1 Å². The largest absolute Gasteiger partial charge is 0.380 e. The lowest BCUT2D eigenvalue weighted by molar-refractivity contribution is 0.0360. The van der Waals surface area contributed by atoms with Crippen LogP contribution in [0.15, 0.2) is 30.7 Å². The molecule has 2 aliphatic rings. The zero-order valence-electron chi connectivity index (χ0n) is 16.7. The van der Waals surface area contributed by atoms with Crippen molar-refractivity contribution in [1.82, 2.24) is 24.8 Å². The highest BCUT2D eigenvalue weighted by atomic mass is 16.5. The van der Waals surface area contributed by atoms with E-state index in [4.69, 9.17) is 4.74 Å². The highest BCUT2D eigenvalue weighted by Crippen LogP contribution is 2.31. The fourth-order valence-corrected chi connectivity index (χ4v) is 4.54. The number of aromatic nitrogens is 3. The lowest BCUT2D eigenvalue weighted by Crippen LogP contribution is -2.55. The summed E-state index contributed by atoms with van der Waals surface area (Å²) in [7, 11) is 1.73. The lowest BCUT2D eigenvalue weighted by atomic mass is 10.1. The summed E-state index contributed by atoms with van der Waals surface area (Å²) in [4.78, 5) is 31.4. The van der Waals surface area contributed by atoms with Gasteiger partial charge in [-0.3, -0.25) is 4.98 Å². The molecule has 5 rings (SSSR count). The number of pyridine rings is 2. The van der Waals surface area contributed by atoms with Crippen molar-refractivity contribution < 1.29 is 9.53 Å². The molecule has 2 saturated heterocycles. The van der Waals surface area contributed by atoms with E-state index >= 15 is 0 Å². The summed E-state index contributed by atoms with van der Waals surface area (Å²) in [6.45, 7) is 4.58. The van der Waals surface area contributed by atoms with Crippen LogP contribution >= 0.6 is 0 Å². The molecule has 1 N–H and O–H groups in total. The van der Waals surface area contributed by atoms with Crippen LogP contribution in [-0.2, 0) is 4.74 Å². The summed E-state index contributed by atoms with van der Waals surface area (Å²) in [6, 6.07) is 4.27. The molecule has 1 atom stereocenters. The fourth-order valence-electron chi connectivity index (χ4n) is 4.54. The van der Waals surface area contributed by atoms with Gasteiger partial charge in [-0.2, -0.15) is 0 Å². The number of likely N-dealkylation sites (tertiary alicyclic amines) is 1. The second-order valence-electron chi connectivity index (χ2n) is 7.79. The Kier molecular flexibility index (Phi) is 4.71. The van der Waals surface area contributed by atoms with Crippen LogP contribution in [0.4, 0.5) is 10.5 Å². The molecule has 3 aromatic rings. The monoisotopic (exact) mass is 394 g/mol. The van der Waals surface area contributed by atoms with Gasteiger partial charge in [0.2, 0.25) is 0 Å². The number of nitrogens with zero attached hydrogens (tertiary/aromatic N) is 5. The van der Waals surface area contributed by atoms with E-state index in [1.165, 1.54) is 0 Å². The summed E-state index contributed by atoms with van der Waals surface area (Å²) >= 11 is 0. The number of H-pyrrole nitrogens is 1. The fraction of sp³-hybridized carbons (Fsp3) is 0.476. The Balaban J connectivity index is 1.33. The lowest BCUT2D eigenvalue weighted by Gasteiger charge is -2.40. The van der Waals surface area contributed by atoms with E-state index in [2.05, 4.69) is 32.0 Å². The third-order valence-corrected chi connectivity index (χ3v) is 6.14. The number of methoxy groups -OCH3 is 1. The van der Waals surface area contributed by atoms with Crippen LogP contribution in [0.1, 0.15) is 12.8 Å². The van der Waals surface area contributed by atoms with Crippen molar-refractivity contribution in [3.8, 4) is 0 Å². The standard InChI is InChI=1S/C21H26N6O2/c1-29-15-3-2-8-27(14-15)21(28)26-11-9-25(10-12-26)18-5-7-22-17-13-24-20-16(19(17)18)4-6-23-20/h4-7,13,15H,2-3,8-12,14H2,1H3,(H,23,24). The van der Waals surface area contributed by atoms with Crippen molar-refractivity contribution in [3.05, 3.63) is 30.7 Å². The van der Waals surface area contributed by atoms with Gasteiger partial charge in [0.15, 0.2) is 0 Å². The number of carbonyl (C=O) groups excluding carboxylic acids is 1. The first kappa shape index (κ1) is 18.2. The van der Waals surface area contributed by atoms with Crippen molar-refractivity contribution in [2.24, 2.45) is 0 Å². The first-order chi connectivity index (χ1) is 14.2. The number of carbonyl (C=O) groups is 1. The van der Waals surface area contributed by atoms with Crippen molar-refractivity contribution in [2.45, 2.75) is 18.9 Å². The van der Waals surface area contributed by atoms with Crippen molar-refractivity contribution in [3.63, 3.8) is 0 Å². The van der Waals surface area contributed by atoms with Gasteiger partial charge in [-0.15, -0.1) is 0 Å². The second kappa shape index (κ2) is 7.51. The Morgan fingerprint density at radius 3 is 2.83 bits per heavy atom. The zero-order chi connectivity index (χ0) is 19.8. The molecule has 2 amide bonds. The summed E-state index contributed by atoms with van der Waals surface area (Å²) in [6.07, 6.45) is 7.78. The molecule has 8 nitrogen and oxygen atoms in total. The van der Waals surface area contributed by atoms with E-state index < -0.39 is 0 Å². The SMILES string of the molecule is COC1CCCN(C(=O)N2CCN(c3ccnc4cnc5[nH]ccc5c34)CC2)C1. The van der Waals surface area contributed by atoms with E-state index in [0.29, 0.717) is 6.54 Å². The summed E-state index contributed by atoms with van der Waals surface area (Å²) in [5.74, 6) is 0. The maximum absolute atomic E-state index is 13.0. The molecule has 0 aliphatic carbocycles. The van der Waals surface area contributed by atoms with Crippen LogP contribution < -0.4 is 4.90 Å². The number of piperidine rings is 1. The summed E-state index contributed by atoms with van der Waals surface area (Å²) in [5.41, 5.74) is 2.93. The van der Waals surface area contributed by atoms with E-state index in [1.54, 1.807) is 7.11 Å². The number of anilines is 1. The maximum atomic E-state index is 13.0. The molecule has 0 aromatic carbocycles. The van der Waals surface area contributed by atoms with Gasteiger partial charge in [0, 0.05) is 75.2 Å². The van der Waals surface area contributed by atoms with Crippen LogP contribution in [0, 0.1) is 0 Å². The number of nitrogens with one attached hydrogen (secondary N) is 1. The minimum absolute atomic E-state index is 0.142. The van der Waals surface area contributed by atoms with E-state index in [0.717, 1.165) is 73.2 Å². The Morgan fingerprint density at radius 2 is 2.00 bits per heavy atom. The third kappa shape index (κ3) is 3.27. The number of piperazine rings is 1. The van der Waals surface area contributed by atoms with Crippen LogP contribution in [0.2, 0.25) is 0 Å². The minimum atomic E-state index is 0.142. The molecule has 5 heterocycles. The van der Waals surface area contributed by atoms with Gasteiger partial charge in [0.25, 0.3) is 0 Å². The smallest absolute Gasteiger partial charge is 0.320 e. The molecule has 29 heavy (non-hydrogen) atoms. The number of hydrogen-bond acceptors (Lipinski definition) is 5. The van der Waals surface area contributed by atoms with Gasteiger partial charge in [0.05, 0.1) is 17.8 Å². The highest BCUT2D eigenvalue weighted by Gasteiger charge is 2.29. The number of rotatable bonds is 2. The topological polar surface area (TPSA) is 77.6 Å². The van der Waals surface area contributed by atoms with Gasteiger partial charge < -0.3 is 24.4 Å². The highest BCUT2D eigenvalue weighted by molar-refractivity contribution is 6.10. The predicted octanol–water partition coefficient (Wildman–Crippen LogP) is 2.46. The number of fused-ring (bicyclic) bond motifs is 3. The quantitative estimate of drug-likeness (QED) is 0.723. The van der Waals surface area contributed by atoms with Gasteiger partial charge >= 0.3 is 6.03 Å². The van der Waals surface area contributed by atoms with Crippen molar-refractivity contribution >= 4 is 33.7 Å². The Labute approximate surface area is 169 Å². The molecular formula is C21H26N6O2. The second-order valence-corrected chi connectivity index (χ2v) is 7.79. The van der Waals surface area contributed by atoms with E-state index in [1.807, 2.05) is 28.4 Å². The van der Waals surface area contributed by atoms with Crippen molar-refractivity contribution in [2.75, 3.05) is 51.3 Å². The first-order valence-electron chi connectivity index (χ1n) is 10.3. The summed E-state index contributed by atoms with van der Waals surface area (Å²) < 4.78 is 5.47. The minimum Gasteiger partial charge on any atom is -0.380 e. The van der Waals surface area contributed by atoms with Crippen LogP contribution in [-0.4, -0.2) is 83.3 Å². The van der Waals surface area contributed by atoms with E-state index in [9.17, 15) is 4.79 Å². The third-order valence-electron chi connectivity index (χ3n) is 6.14. The number of hydrogen-bond donors (Lipinski definition) is 1. The predicted molar refractivity (Wildman–Crippen MR) is 112 cm³/mol. The zero-order valence-corrected chi connectivity index (χ0v) is 16.7. The number of aromatic amines is 1. The molecule has 8 heteroatoms. The Bertz CT molecular complexity index is 1030. The molecule has 0 bridgehead atoms. The first-order valence-corrected chi connectivity index (χ1v) is 10.3. The Hall–Kier alpha value is -2.87. The molecule has 1 unspecified atom stereocenters. The van der Waals surface area contributed by atoms with Crippen LogP contribution in [0.5, 0.6) is 0 Å². The average Bonchev–Trinajstić information content (AvgIpc) is 3.27. The molecule has 152 valence electrons. The number of urea groups is 1. The normalized spacial score (nSPS) is 20.6. The van der Waals surface area contributed by atoms with Crippen molar-refractivity contribution in [1.29, 1.82) is 0 Å². The Morgan fingerprint density at radius 1 is 1.14 bits per heavy atom.